The number of benzene rings is 2. The van der Waals surface area contributed by atoms with Crippen LogP contribution >= 0.6 is 31.8 Å². The van der Waals surface area contributed by atoms with Gasteiger partial charge in [0.05, 0.1) is 16.7 Å². The minimum atomic E-state index is -1.63. The summed E-state index contributed by atoms with van der Waals surface area (Å²) < 4.78 is 17.3. The highest BCUT2D eigenvalue weighted by atomic mass is 35.5. The van der Waals surface area contributed by atoms with Crippen molar-refractivity contribution in [3.05, 3.63) is 58.6 Å². The third kappa shape index (κ3) is 5.33. The van der Waals surface area contributed by atoms with Gasteiger partial charge in [0.15, 0.2) is 0 Å². The minimum absolute atomic E-state index is 0.511. The maximum Gasteiger partial charge on any atom is 0.463 e. The minimum Gasteiger partial charge on any atom is -0.416 e. The molecule has 0 aliphatic rings. The highest BCUT2D eigenvalue weighted by molar-refractivity contribution is 7.42. The average Bonchev–Trinajstić information content (AvgIpc) is 2.52. The number of halogens is 2. The van der Waals surface area contributed by atoms with Gasteiger partial charge in [0, 0.05) is 0 Å². The first-order valence-corrected chi connectivity index (χ1v) is 8.84. The lowest BCUT2D eigenvalue weighted by Gasteiger charge is -2.18. The Morgan fingerprint density at radius 2 is 1.36 bits per heavy atom. The van der Waals surface area contributed by atoms with E-state index in [4.69, 9.17) is 36.8 Å². The molecule has 0 unspecified atom stereocenters. The van der Waals surface area contributed by atoms with Crippen LogP contribution in [0.1, 0.15) is 19.8 Å². The van der Waals surface area contributed by atoms with E-state index in [0.29, 0.717) is 28.2 Å². The molecule has 0 aliphatic heterocycles. The molecule has 0 amide bonds. The molecule has 2 aromatic carbocycles. The second kappa shape index (κ2) is 9.22. The maximum atomic E-state index is 6.11. The first-order chi connectivity index (χ1) is 10.7. The standard InChI is InChI=1S/C16H17Cl2O3P/c1-2-3-12-19-22(20-15-10-6-4-8-13(15)17)21-16-11-7-5-9-14(16)18/h4-11H,2-3,12H2,1H3. The summed E-state index contributed by atoms with van der Waals surface area (Å²) in [4.78, 5) is 0. The Kier molecular flexibility index (Phi) is 7.28. The lowest BCUT2D eigenvalue weighted by molar-refractivity contribution is 0.261. The van der Waals surface area contributed by atoms with Gasteiger partial charge in [-0.05, 0) is 30.7 Å². The van der Waals surface area contributed by atoms with Gasteiger partial charge in [0.1, 0.15) is 11.5 Å². The summed E-state index contributed by atoms with van der Waals surface area (Å²) >= 11 is 12.2. The smallest absolute Gasteiger partial charge is 0.416 e. The monoisotopic (exact) mass is 358 g/mol. The fraction of sp³-hybridized carbons (Fsp3) is 0.250. The highest BCUT2D eigenvalue weighted by Crippen LogP contribution is 2.45. The zero-order chi connectivity index (χ0) is 15.8. The van der Waals surface area contributed by atoms with E-state index in [1.54, 1.807) is 24.3 Å². The third-order valence-corrected chi connectivity index (χ3v) is 4.42. The number of hydrogen-bond acceptors (Lipinski definition) is 3. The molecule has 0 bridgehead atoms. The fourth-order valence-electron chi connectivity index (χ4n) is 1.55. The van der Waals surface area contributed by atoms with Gasteiger partial charge in [0.2, 0.25) is 0 Å². The zero-order valence-corrected chi connectivity index (χ0v) is 14.6. The molecule has 0 fully saturated rings. The van der Waals surface area contributed by atoms with E-state index in [-0.39, 0.29) is 0 Å². The molecular weight excluding hydrogens is 342 g/mol. The molecule has 0 saturated carbocycles. The molecule has 0 saturated heterocycles. The molecule has 3 nitrogen and oxygen atoms in total. The quantitative estimate of drug-likeness (QED) is 0.398. The highest BCUT2D eigenvalue weighted by Gasteiger charge is 2.19. The lowest BCUT2D eigenvalue weighted by Crippen LogP contribution is -2.02. The van der Waals surface area contributed by atoms with E-state index < -0.39 is 8.60 Å². The van der Waals surface area contributed by atoms with E-state index in [1.807, 2.05) is 24.3 Å². The second-order valence-corrected chi connectivity index (χ2v) is 6.34. The van der Waals surface area contributed by atoms with Crippen LogP contribution in [0.15, 0.2) is 48.5 Å². The summed E-state index contributed by atoms with van der Waals surface area (Å²) in [5.74, 6) is 1.05. The van der Waals surface area contributed by atoms with Crippen LogP contribution in [0.2, 0.25) is 10.0 Å². The molecule has 2 aromatic rings. The largest absolute Gasteiger partial charge is 0.463 e. The van der Waals surface area contributed by atoms with E-state index >= 15 is 0 Å². The molecule has 0 aromatic heterocycles. The Morgan fingerprint density at radius 3 is 1.82 bits per heavy atom. The van der Waals surface area contributed by atoms with Crippen LogP contribution in [-0.2, 0) is 4.52 Å². The van der Waals surface area contributed by atoms with E-state index in [9.17, 15) is 0 Å². The molecule has 0 atom stereocenters. The van der Waals surface area contributed by atoms with Crippen LogP contribution in [0, 0.1) is 0 Å². The van der Waals surface area contributed by atoms with Crippen molar-refractivity contribution in [1.82, 2.24) is 0 Å². The van der Waals surface area contributed by atoms with Crippen molar-refractivity contribution in [2.45, 2.75) is 19.8 Å². The molecule has 2 rings (SSSR count). The van der Waals surface area contributed by atoms with Crippen molar-refractivity contribution >= 4 is 31.8 Å². The van der Waals surface area contributed by atoms with Crippen LogP contribution in [0.25, 0.3) is 0 Å². The van der Waals surface area contributed by atoms with Crippen LogP contribution < -0.4 is 9.05 Å². The Balaban J connectivity index is 2.09. The molecule has 6 heteroatoms. The van der Waals surface area contributed by atoms with E-state index in [0.717, 1.165) is 12.8 Å². The summed E-state index contributed by atoms with van der Waals surface area (Å²) in [7, 11) is -1.63. The SMILES string of the molecule is CCCCOP(Oc1ccccc1Cl)Oc1ccccc1Cl. The van der Waals surface area contributed by atoms with Gasteiger partial charge in [0.25, 0.3) is 0 Å². The Bertz CT molecular complexity index is 548. The lowest BCUT2D eigenvalue weighted by atomic mass is 10.3. The summed E-state index contributed by atoms with van der Waals surface area (Å²) in [5, 5.41) is 1.02. The third-order valence-electron chi connectivity index (χ3n) is 2.71. The second-order valence-electron chi connectivity index (χ2n) is 4.45. The fourth-order valence-corrected chi connectivity index (χ4v) is 3.07. The van der Waals surface area contributed by atoms with Crippen LogP contribution in [-0.4, -0.2) is 6.61 Å². The number of para-hydroxylation sites is 2. The van der Waals surface area contributed by atoms with Crippen LogP contribution in [0.4, 0.5) is 0 Å². The van der Waals surface area contributed by atoms with Crippen molar-refractivity contribution in [2.75, 3.05) is 6.61 Å². The number of hydrogen-bond donors (Lipinski definition) is 0. The van der Waals surface area contributed by atoms with Crippen molar-refractivity contribution in [3.8, 4) is 11.5 Å². The summed E-state index contributed by atoms with van der Waals surface area (Å²) in [6.07, 6.45) is 1.96. The number of rotatable bonds is 8. The van der Waals surface area contributed by atoms with Crippen molar-refractivity contribution < 1.29 is 13.6 Å². The average molecular weight is 359 g/mol. The summed E-state index contributed by atoms with van der Waals surface area (Å²) in [6.45, 7) is 2.65. The van der Waals surface area contributed by atoms with Gasteiger partial charge < -0.3 is 9.05 Å². The van der Waals surface area contributed by atoms with Gasteiger partial charge >= 0.3 is 8.60 Å². The molecule has 0 radical (unpaired) electrons. The van der Waals surface area contributed by atoms with Crippen LogP contribution in [0.5, 0.6) is 11.5 Å². The predicted octanol–water partition coefficient (Wildman–Crippen LogP) is 6.49. The van der Waals surface area contributed by atoms with E-state index in [1.165, 1.54) is 0 Å². The van der Waals surface area contributed by atoms with Crippen molar-refractivity contribution in [3.63, 3.8) is 0 Å². The van der Waals surface area contributed by atoms with Gasteiger partial charge in [-0.1, -0.05) is 60.8 Å². The summed E-state index contributed by atoms with van der Waals surface area (Å²) in [6, 6.07) is 14.4. The molecule has 0 N–H and O–H groups in total. The normalized spacial score (nSPS) is 10.7. The first-order valence-electron chi connectivity index (χ1n) is 6.98. The maximum absolute atomic E-state index is 6.11. The Labute approximate surface area is 142 Å². The zero-order valence-electron chi connectivity index (χ0n) is 12.2. The molecular formula is C16H17Cl2O3P. The first kappa shape index (κ1) is 17.4. The van der Waals surface area contributed by atoms with Crippen molar-refractivity contribution in [1.29, 1.82) is 0 Å². The van der Waals surface area contributed by atoms with Gasteiger partial charge in [-0.3, -0.25) is 4.52 Å². The Hall–Kier alpha value is -0.990. The molecule has 0 aliphatic carbocycles. The topological polar surface area (TPSA) is 27.7 Å². The Morgan fingerprint density at radius 1 is 0.864 bits per heavy atom. The van der Waals surface area contributed by atoms with Gasteiger partial charge in [-0.2, -0.15) is 0 Å². The van der Waals surface area contributed by atoms with E-state index in [2.05, 4.69) is 6.92 Å². The molecule has 0 heterocycles. The van der Waals surface area contributed by atoms with Gasteiger partial charge in [-0.25, -0.2) is 0 Å². The van der Waals surface area contributed by atoms with Gasteiger partial charge in [-0.15, -0.1) is 0 Å². The predicted molar refractivity (Wildman–Crippen MR) is 91.9 cm³/mol. The summed E-state index contributed by atoms with van der Waals surface area (Å²) in [5.41, 5.74) is 0. The molecule has 22 heavy (non-hydrogen) atoms. The van der Waals surface area contributed by atoms with Crippen LogP contribution in [0.3, 0.4) is 0 Å². The molecule has 0 spiro atoms. The molecule has 118 valence electrons. The van der Waals surface area contributed by atoms with Crippen molar-refractivity contribution in [2.24, 2.45) is 0 Å². The number of unbranched alkanes of at least 4 members (excludes halogenated alkanes) is 1.